The largest absolute Gasteiger partial charge is 0.490 e. The van der Waals surface area contributed by atoms with E-state index in [1.54, 1.807) is 0 Å². The van der Waals surface area contributed by atoms with Gasteiger partial charge in [0.05, 0.1) is 0 Å². The van der Waals surface area contributed by atoms with Gasteiger partial charge in [0.25, 0.3) is 0 Å². The van der Waals surface area contributed by atoms with Gasteiger partial charge in [-0.05, 0) is 38.1 Å². The molecule has 0 aromatic heterocycles. The molecule has 2 aromatic rings. The molecule has 2 atom stereocenters. The van der Waals surface area contributed by atoms with E-state index >= 15 is 0 Å². The van der Waals surface area contributed by atoms with Gasteiger partial charge in [0.1, 0.15) is 35.2 Å². The highest BCUT2D eigenvalue weighted by Gasteiger charge is 2.11. The molecular weight excluding hydrogens is 312 g/mol. The van der Waals surface area contributed by atoms with Crippen LogP contribution >= 0.6 is 0 Å². The van der Waals surface area contributed by atoms with Gasteiger partial charge >= 0.3 is 0 Å². The lowest BCUT2D eigenvalue weighted by molar-refractivity contribution is 0.165. The first-order valence-electron chi connectivity index (χ1n) is 8.49. The maximum Gasteiger partial charge on any atom is 0.119 e. The Morgan fingerprint density at radius 3 is 1.44 bits per heavy atom. The van der Waals surface area contributed by atoms with Crippen LogP contribution in [0.25, 0.3) is 0 Å². The van der Waals surface area contributed by atoms with E-state index in [4.69, 9.17) is 14.2 Å². The summed E-state index contributed by atoms with van der Waals surface area (Å²) in [5, 5.41) is 0. The van der Waals surface area contributed by atoms with E-state index in [0.29, 0.717) is 24.4 Å². The highest BCUT2D eigenvalue weighted by Crippen LogP contribution is 2.19. The molecule has 0 saturated heterocycles. The maximum atomic E-state index is 5.83. The minimum Gasteiger partial charge on any atom is -0.490 e. The Kier molecular flexibility index (Phi) is 7.15. The average Bonchev–Trinajstić information content (AvgIpc) is 2.55. The maximum absolute atomic E-state index is 5.83. The van der Waals surface area contributed by atoms with E-state index in [-0.39, 0.29) is 12.2 Å². The Morgan fingerprint density at radius 2 is 1.08 bits per heavy atom. The van der Waals surface area contributed by atoms with Crippen molar-refractivity contribution in [2.45, 2.75) is 38.9 Å². The third-order valence-corrected chi connectivity index (χ3v) is 3.48. The van der Waals surface area contributed by atoms with Gasteiger partial charge in [-0.2, -0.15) is 0 Å². The van der Waals surface area contributed by atoms with Crippen molar-refractivity contribution in [2.24, 2.45) is 0 Å². The Bertz CT molecular complexity index is 605. The molecule has 2 unspecified atom stereocenters. The van der Waals surface area contributed by atoms with E-state index in [9.17, 15) is 0 Å². The number of para-hydroxylation sites is 2. The van der Waals surface area contributed by atoms with Crippen molar-refractivity contribution in [1.82, 2.24) is 0 Å². The minimum atomic E-state index is -0.0271. The fourth-order valence-corrected chi connectivity index (χ4v) is 2.47. The molecule has 3 nitrogen and oxygen atoms in total. The molecule has 0 aliphatic rings. The van der Waals surface area contributed by atoms with Crippen LogP contribution in [0.3, 0.4) is 0 Å². The summed E-state index contributed by atoms with van der Waals surface area (Å²) in [6.07, 6.45) is 1.14. The molecular formula is C22H26O3. The lowest BCUT2D eigenvalue weighted by Crippen LogP contribution is -2.15. The van der Waals surface area contributed by atoms with E-state index in [1.165, 1.54) is 0 Å². The molecule has 132 valence electrons. The van der Waals surface area contributed by atoms with Gasteiger partial charge in [0.15, 0.2) is 0 Å². The Labute approximate surface area is 150 Å². The van der Waals surface area contributed by atoms with Gasteiger partial charge < -0.3 is 14.2 Å². The molecule has 0 fully saturated rings. The number of benzene rings is 2. The summed E-state index contributed by atoms with van der Waals surface area (Å²) in [5.41, 5.74) is 0. The Balaban J connectivity index is 1.71. The van der Waals surface area contributed by atoms with Crippen molar-refractivity contribution in [2.75, 3.05) is 0 Å². The van der Waals surface area contributed by atoms with Gasteiger partial charge in [0.2, 0.25) is 0 Å². The first-order valence-corrected chi connectivity index (χ1v) is 8.49. The van der Waals surface area contributed by atoms with Crippen LogP contribution in [-0.2, 0) is 4.74 Å². The van der Waals surface area contributed by atoms with Crippen molar-refractivity contribution in [3.8, 4) is 11.5 Å². The van der Waals surface area contributed by atoms with Gasteiger partial charge in [0, 0.05) is 12.8 Å². The molecule has 0 radical (unpaired) electrons. The van der Waals surface area contributed by atoms with Crippen molar-refractivity contribution in [3.63, 3.8) is 0 Å². The topological polar surface area (TPSA) is 27.7 Å². The standard InChI is InChI=1S/C22H26O3/c1-17(15-19(3)24-21-11-7-5-8-12-21)23-18(2)16-20(4)25-22-13-9-6-10-14-22/h5-14,19-20H,1-2,15-16H2,3-4H3. The second-order valence-electron chi connectivity index (χ2n) is 6.07. The molecule has 3 heteroatoms. The highest BCUT2D eigenvalue weighted by atomic mass is 16.5. The van der Waals surface area contributed by atoms with Crippen molar-refractivity contribution >= 4 is 0 Å². The van der Waals surface area contributed by atoms with E-state index in [1.807, 2.05) is 74.5 Å². The molecule has 0 bridgehead atoms. The summed E-state index contributed by atoms with van der Waals surface area (Å²) in [6.45, 7) is 11.9. The summed E-state index contributed by atoms with van der Waals surface area (Å²) in [7, 11) is 0. The van der Waals surface area contributed by atoms with E-state index in [2.05, 4.69) is 13.2 Å². The first-order chi connectivity index (χ1) is 12.0. The molecule has 0 saturated carbocycles. The van der Waals surface area contributed by atoms with Crippen LogP contribution in [0, 0.1) is 0 Å². The molecule has 0 N–H and O–H groups in total. The van der Waals surface area contributed by atoms with Gasteiger partial charge in [-0.25, -0.2) is 0 Å². The smallest absolute Gasteiger partial charge is 0.119 e. The molecule has 0 amide bonds. The predicted octanol–water partition coefficient (Wildman–Crippen LogP) is 5.75. The van der Waals surface area contributed by atoms with Crippen LogP contribution < -0.4 is 9.47 Å². The zero-order valence-corrected chi connectivity index (χ0v) is 15.0. The van der Waals surface area contributed by atoms with Crippen molar-refractivity contribution in [1.29, 1.82) is 0 Å². The molecule has 0 aliphatic heterocycles. The average molecular weight is 338 g/mol. The van der Waals surface area contributed by atoms with Crippen LogP contribution in [0.5, 0.6) is 11.5 Å². The number of hydrogen-bond acceptors (Lipinski definition) is 3. The monoisotopic (exact) mass is 338 g/mol. The number of hydrogen-bond donors (Lipinski definition) is 0. The fraction of sp³-hybridized carbons (Fsp3) is 0.273. The predicted molar refractivity (Wildman–Crippen MR) is 102 cm³/mol. The summed E-state index contributed by atoms with van der Waals surface area (Å²) < 4.78 is 17.4. The van der Waals surface area contributed by atoms with Crippen LogP contribution in [0.1, 0.15) is 26.7 Å². The summed E-state index contributed by atoms with van der Waals surface area (Å²) in [4.78, 5) is 0. The minimum absolute atomic E-state index is 0.0271. The van der Waals surface area contributed by atoms with Crippen molar-refractivity contribution in [3.05, 3.63) is 85.3 Å². The molecule has 2 rings (SSSR count). The lowest BCUT2D eigenvalue weighted by Gasteiger charge is -2.19. The molecule has 0 aliphatic carbocycles. The normalized spacial score (nSPS) is 12.7. The van der Waals surface area contributed by atoms with E-state index in [0.717, 1.165) is 11.5 Å². The quantitative estimate of drug-likeness (QED) is 0.517. The Morgan fingerprint density at radius 1 is 0.720 bits per heavy atom. The van der Waals surface area contributed by atoms with Crippen LogP contribution in [0.15, 0.2) is 85.3 Å². The fourth-order valence-electron chi connectivity index (χ4n) is 2.47. The van der Waals surface area contributed by atoms with Gasteiger partial charge in [-0.15, -0.1) is 0 Å². The molecule has 25 heavy (non-hydrogen) atoms. The zero-order valence-electron chi connectivity index (χ0n) is 15.0. The van der Waals surface area contributed by atoms with E-state index < -0.39 is 0 Å². The number of rotatable bonds is 10. The van der Waals surface area contributed by atoms with Crippen LogP contribution in [0.2, 0.25) is 0 Å². The van der Waals surface area contributed by atoms with Gasteiger partial charge in [-0.3, -0.25) is 0 Å². The van der Waals surface area contributed by atoms with Crippen molar-refractivity contribution < 1.29 is 14.2 Å². The lowest BCUT2D eigenvalue weighted by atomic mass is 10.2. The molecule has 2 aromatic carbocycles. The SMILES string of the molecule is C=C(CC(C)Oc1ccccc1)OC(=C)CC(C)Oc1ccccc1. The summed E-state index contributed by atoms with van der Waals surface area (Å²) in [6, 6.07) is 19.4. The summed E-state index contributed by atoms with van der Waals surface area (Å²) >= 11 is 0. The summed E-state index contributed by atoms with van der Waals surface area (Å²) in [5.74, 6) is 2.96. The second kappa shape index (κ2) is 9.58. The number of ether oxygens (including phenoxy) is 3. The molecule has 0 spiro atoms. The zero-order chi connectivity index (χ0) is 18.1. The Hall–Kier alpha value is -2.68. The second-order valence-corrected chi connectivity index (χ2v) is 6.07. The molecule has 0 heterocycles. The third kappa shape index (κ3) is 7.17. The van der Waals surface area contributed by atoms with Gasteiger partial charge in [-0.1, -0.05) is 49.6 Å². The first kappa shape index (κ1) is 18.7. The highest BCUT2D eigenvalue weighted by molar-refractivity contribution is 5.22. The van der Waals surface area contributed by atoms with Crippen LogP contribution in [-0.4, -0.2) is 12.2 Å². The van der Waals surface area contributed by atoms with Crippen LogP contribution in [0.4, 0.5) is 0 Å². The third-order valence-electron chi connectivity index (χ3n) is 3.48.